The van der Waals surface area contributed by atoms with Gasteiger partial charge in [0.05, 0.1) is 6.10 Å². The summed E-state index contributed by atoms with van der Waals surface area (Å²) in [6.07, 6.45) is 0.864. The molecule has 0 unspecified atom stereocenters. The van der Waals surface area contributed by atoms with Gasteiger partial charge in [-0.2, -0.15) is 0 Å². The van der Waals surface area contributed by atoms with Crippen LogP contribution in [0.2, 0.25) is 5.02 Å². The van der Waals surface area contributed by atoms with Crippen LogP contribution >= 0.6 is 11.6 Å². The second-order valence-corrected chi connectivity index (χ2v) is 4.18. The van der Waals surface area contributed by atoms with Crippen LogP contribution in [0.3, 0.4) is 0 Å². The Labute approximate surface area is 83.3 Å². The summed E-state index contributed by atoms with van der Waals surface area (Å²) in [5.74, 6) is 0.897. The third-order valence-electron chi connectivity index (χ3n) is 2.76. The molecule has 70 valence electrons. The van der Waals surface area contributed by atoms with Crippen molar-refractivity contribution >= 4 is 11.6 Å². The van der Waals surface area contributed by atoms with E-state index in [1.807, 2.05) is 25.1 Å². The van der Waals surface area contributed by atoms with Gasteiger partial charge in [0.1, 0.15) is 0 Å². The molecule has 1 aliphatic carbocycles. The SMILES string of the molecule is C[C@H](O)[C@H]1C[C@H]1c1ccccc1Cl. The van der Waals surface area contributed by atoms with Crippen LogP contribution in [0.4, 0.5) is 0 Å². The molecule has 0 saturated heterocycles. The quantitative estimate of drug-likeness (QED) is 0.772. The fraction of sp³-hybridized carbons (Fsp3) is 0.455. The summed E-state index contributed by atoms with van der Waals surface area (Å²) in [7, 11) is 0. The van der Waals surface area contributed by atoms with E-state index in [2.05, 4.69) is 6.07 Å². The molecule has 0 bridgehead atoms. The van der Waals surface area contributed by atoms with Crippen LogP contribution < -0.4 is 0 Å². The van der Waals surface area contributed by atoms with Gasteiger partial charge in [0.15, 0.2) is 0 Å². The first-order valence-electron chi connectivity index (χ1n) is 4.62. The van der Waals surface area contributed by atoms with Crippen LogP contribution in [0.25, 0.3) is 0 Å². The lowest BCUT2D eigenvalue weighted by atomic mass is 10.1. The van der Waals surface area contributed by atoms with Crippen molar-refractivity contribution in [3.63, 3.8) is 0 Å². The molecule has 1 fully saturated rings. The third kappa shape index (κ3) is 1.72. The lowest BCUT2D eigenvalue weighted by Crippen LogP contribution is -2.03. The monoisotopic (exact) mass is 196 g/mol. The number of hydrogen-bond donors (Lipinski definition) is 1. The van der Waals surface area contributed by atoms with E-state index in [1.165, 1.54) is 5.56 Å². The van der Waals surface area contributed by atoms with E-state index < -0.39 is 0 Å². The maximum Gasteiger partial charge on any atom is 0.0546 e. The van der Waals surface area contributed by atoms with Crippen molar-refractivity contribution in [2.45, 2.75) is 25.4 Å². The van der Waals surface area contributed by atoms with Crippen LogP contribution in [0.15, 0.2) is 24.3 Å². The number of aliphatic hydroxyl groups is 1. The largest absolute Gasteiger partial charge is 0.393 e. The van der Waals surface area contributed by atoms with Crippen molar-refractivity contribution in [1.82, 2.24) is 0 Å². The van der Waals surface area contributed by atoms with Gasteiger partial charge >= 0.3 is 0 Å². The normalized spacial score (nSPS) is 28.5. The zero-order chi connectivity index (χ0) is 9.42. The van der Waals surface area contributed by atoms with Gasteiger partial charge in [-0.1, -0.05) is 29.8 Å². The Hall–Kier alpha value is -0.530. The first-order chi connectivity index (χ1) is 6.20. The standard InChI is InChI=1S/C11H13ClO/c1-7(13)9-6-10(9)8-4-2-3-5-11(8)12/h2-5,7,9-10,13H,6H2,1H3/t7-,9+,10-/m0/s1. The summed E-state index contributed by atoms with van der Waals surface area (Å²) in [6, 6.07) is 7.90. The highest BCUT2D eigenvalue weighted by Crippen LogP contribution is 2.51. The van der Waals surface area contributed by atoms with Crippen molar-refractivity contribution in [1.29, 1.82) is 0 Å². The Morgan fingerprint density at radius 1 is 1.46 bits per heavy atom. The minimum absolute atomic E-state index is 0.207. The van der Waals surface area contributed by atoms with E-state index in [0.717, 1.165) is 11.4 Å². The molecule has 1 saturated carbocycles. The van der Waals surface area contributed by atoms with Gasteiger partial charge in [-0.25, -0.2) is 0 Å². The van der Waals surface area contributed by atoms with E-state index in [-0.39, 0.29) is 6.10 Å². The lowest BCUT2D eigenvalue weighted by Gasteiger charge is -2.04. The molecule has 13 heavy (non-hydrogen) atoms. The predicted octanol–water partition coefficient (Wildman–Crippen LogP) is 2.82. The summed E-state index contributed by atoms with van der Waals surface area (Å²) < 4.78 is 0. The van der Waals surface area contributed by atoms with Gasteiger partial charge in [-0.3, -0.25) is 0 Å². The van der Waals surface area contributed by atoms with Crippen molar-refractivity contribution in [3.8, 4) is 0 Å². The van der Waals surface area contributed by atoms with Crippen molar-refractivity contribution in [3.05, 3.63) is 34.9 Å². The first-order valence-corrected chi connectivity index (χ1v) is 5.00. The Balaban J connectivity index is 2.16. The number of hydrogen-bond acceptors (Lipinski definition) is 1. The molecule has 0 aliphatic heterocycles. The van der Waals surface area contributed by atoms with Crippen molar-refractivity contribution in [2.24, 2.45) is 5.92 Å². The fourth-order valence-corrected chi connectivity index (χ4v) is 2.16. The lowest BCUT2D eigenvalue weighted by molar-refractivity contribution is 0.169. The van der Waals surface area contributed by atoms with Gasteiger partial charge in [0.2, 0.25) is 0 Å². The molecular formula is C11H13ClO. The van der Waals surface area contributed by atoms with Gasteiger partial charge in [0, 0.05) is 5.02 Å². The van der Waals surface area contributed by atoms with Crippen LogP contribution in [0.1, 0.15) is 24.8 Å². The molecule has 0 amide bonds. The predicted molar refractivity (Wildman–Crippen MR) is 54.0 cm³/mol. The van der Waals surface area contributed by atoms with Crippen molar-refractivity contribution in [2.75, 3.05) is 0 Å². The average Bonchev–Trinajstić information content (AvgIpc) is 2.84. The second kappa shape index (κ2) is 3.32. The molecular weight excluding hydrogens is 184 g/mol. The molecule has 3 atom stereocenters. The number of halogens is 1. The summed E-state index contributed by atoms with van der Waals surface area (Å²) in [6.45, 7) is 1.85. The van der Waals surface area contributed by atoms with Crippen molar-refractivity contribution < 1.29 is 5.11 Å². The molecule has 1 nitrogen and oxygen atoms in total. The van der Waals surface area contributed by atoms with Crippen LogP contribution in [-0.2, 0) is 0 Å². The van der Waals surface area contributed by atoms with E-state index >= 15 is 0 Å². The van der Waals surface area contributed by atoms with Gasteiger partial charge in [-0.15, -0.1) is 0 Å². The number of benzene rings is 1. The number of rotatable bonds is 2. The van der Waals surface area contributed by atoms with E-state index in [9.17, 15) is 5.11 Å². The number of aliphatic hydroxyl groups excluding tert-OH is 1. The Kier molecular flexibility index (Phi) is 2.31. The highest BCUT2D eigenvalue weighted by atomic mass is 35.5. The Bertz CT molecular complexity index is 309. The molecule has 1 N–H and O–H groups in total. The fourth-order valence-electron chi connectivity index (χ4n) is 1.88. The zero-order valence-corrected chi connectivity index (χ0v) is 8.33. The topological polar surface area (TPSA) is 20.2 Å². The molecule has 1 aromatic rings. The summed E-state index contributed by atoms with van der Waals surface area (Å²) in [5.41, 5.74) is 1.19. The Morgan fingerprint density at radius 2 is 2.15 bits per heavy atom. The minimum Gasteiger partial charge on any atom is -0.393 e. The van der Waals surface area contributed by atoms with E-state index in [0.29, 0.717) is 11.8 Å². The molecule has 0 radical (unpaired) electrons. The van der Waals surface area contributed by atoms with Gasteiger partial charge in [-0.05, 0) is 36.8 Å². The van der Waals surface area contributed by atoms with E-state index in [1.54, 1.807) is 0 Å². The third-order valence-corrected chi connectivity index (χ3v) is 3.11. The van der Waals surface area contributed by atoms with Crippen LogP contribution in [0.5, 0.6) is 0 Å². The molecule has 0 spiro atoms. The Morgan fingerprint density at radius 3 is 2.69 bits per heavy atom. The summed E-state index contributed by atoms with van der Waals surface area (Å²) >= 11 is 6.05. The molecule has 2 heteroatoms. The van der Waals surface area contributed by atoms with Gasteiger partial charge in [0.25, 0.3) is 0 Å². The molecule has 2 rings (SSSR count). The minimum atomic E-state index is -0.207. The molecule has 1 aromatic carbocycles. The van der Waals surface area contributed by atoms with Gasteiger partial charge < -0.3 is 5.11 Å². The highest BCUT2D eigenvalue weighted by Gasteiger charge is 2.42. The molecule has 0 aromatic heterocycles. The smallest absolute Gasteiger partial charge is 0.0546 e. The summed E-state index contributed by atoms with van der Waals surface area (Å²) in [4.78, 5) is 0. The second-order valence-electron chi connectivity index (χ2n) is 3.77. The highest BCUT2D eigenvalue weighted by molar-refractivity contribution is 6.31. The maximum absolute atomic E-state index is 9.37. The van der Waals surface area contributed by atoms with E-state index in [4.69, 9.17) is 11.6 Å². The molecule has 0 heterocycles. The summed E-state index contributed by atoms with van der Waals surface area (Å²) in [5, 5.41) is 10.2. The molecule has 1 aliphatic rings. The maximum atomic E-state index is 9.37. The zero-order valence-electron chi connectivity index (χ0n) is 7.57. The van der Waals surface area contributed by atoms with Crippen LogP contribution in [-0.4, -0.2) is 11.2 Å². The first kappa shape index (κ1) is 9.04. The van der Waals surface area contributed by atoms with Crippen LogP contribution in [0, 0.1) is 5.92 Å². The average molecular weight is 197 g/mol.